The highest BCUT2D eigenvalue weighted by Crippen LogP contribution is 2.32. The van der Waals surface area contributed by atoms with E-state index in [1.807, 2.05) is 18.3 Å². The first-order valence-corrected chi connectivity index (χ1v) is 16.0. The van der Waals surface area contributed by atoms with Crippen LogP contribution in [0.3, 0.4) is 0 Å². The van der Waals surface area contributed by atoms with Crippen LogP contribution in [-0.4, -0.2) is 23.8 Å². The summed E-state index contributed by atoms with van der Waals surface area (Å²) in [5, 5.41) is 0.659. The number of rotatable bonds is 16. The molecule has 42 heavy (non-hydrogen) atoms. The molecule has 0 bridgehead atoms. The van der Waals surface area contributed by atoms with Crippen LogP contribution in [0.2, 0.25) is 5.02 Å². The van der Waals surface area contributed by atoms with Gasteiger partial charge in [-0.1, -0.05) is 84.3 Å². The molecule has 1 heterocycles. The first-order chi connectivity index (χ1) is 19.8. The lowest BCUT2D eigenvalue weighted by molar-refractivity contribution is 0.159. The van der Waals surface area contributed by atoms with E-state index in [1.54, 1.807) is 0 Å². The zero-order valence-electron chi connectivity index (χ0n) is 27.2. The average Bonchev–Trinajstić information content (AvgIpc) is 2.95. The number of pyridine rings is 1. The Kier molecular flexibility index (Phi) is 12.6. The Hall–Kier alpha value is -2.72. The normalized spacial score (nSPS) is 14.1. The van der Waals surface area contributed by atoms with E-state index in [9.17, 15) is 0 Å². The number of hydrogen-bond donors (Lipinski definition) is 0. The van der Waals surface area contributed by atoms with E-state index in [1.165, 1.54) is 16.7 Å². The molecule has 2 aromatic carbocycles. The second-order valence-electron chi connectivity index (χ2n) is 13.3. The van der Waals surface area contributed by atoms with Crippen molar-refractivity contribution in [1.29, 1.82) is 0 Å². The van der Waals surface area contributed by atoms with Crippen LogP contribution in [0.5, 0.6) is 17.4 Å². The number of aromatic nitrogens is 1. The molecular formula is C37H52ClNO3. The van der Waals surface area contributed by atoms with Gasteiger partial charge in [0.1, 0.15) is 11.5 Å². The number of hydrogen-bond acceptors (Lipinski definition) is 4. The molecule has 3 atom stereocenters. The van der Waals surface area contributed by atoms with Crippen molar-refractivity contribution >= 4 is 11.6 Å². The molecule has 0 aliphatic rings. The Morgan fingerprint density at radius 3 is 1.90 bits per heavy atom. The smallest absolute Gasteiger partial charge is 0.213 e. The minimum absolute atomic E-state index is 0.0514. The Morgan fingerprint density at radius 1 is 0.714 bits per heavy atom. The summed E-state index contributed by atoms with van der Waals surface area (Å²) in [5.74, 6) is 3.74. The molecule has 4 nitrogen and oxygen atoms in total. The van der Waals surface area contributed by atoms with Gasteiger partial charge in [-0.25, -0.2) is 4.98 Å². The van der Waals surface area contributed by atoms with Gasteiger partial charge in [-0.05, 0) is 104 Å². The summed E-state index contributed by atoms with van der Waals surface area (Å²) < 4.78 is 18.4. The highest BCUT2D eigenvalue weighted by molar-refractivity contribution is 6.32. The van der Waals surface area contributed by atoms with E-state index in [0.29, 0.717) is 35.3 Å². The van der Waals surface area contributed by atoms with Gasteiger partial charge in [0.15, 0.2) is 0 Å². The standard InChI is InChI=1S/C37H52ClNO3/c1-25(2)31-14-18-34(38)35(22-31)42-29(7)11-10-28(6)41-33-16-12-30(13-17-33)27(5)20-21-37(8,9)24-40-36-19-15-32(23-39-36)26(3)4/h12-19,22-23,25-29H,10-11,20-21,24H2,1-9H3. The Morgan fingerprint density at radius 2 is 1.31 bits per heavy atom. The highest BCUT2D eigenvalue weighted by Gasteiger charge is 2.21. The lowest BCUT2D eigenvalue weighted by atomic mass is 9.84. The maximum Gasteiger partial charge on any atom is 0.213 e. The van der Waals surface area contributed by atoms with Crippen molar-refractivity contribution in [2.24, 2.45) is 5.41 Å². The molecule has 0 fully saturated rings. The van der Waals surface area contributed by atoms with Crippen molar-refractivity contribution in [2.45, 2.75) is 118 Å². The SMILES string of the molecule is CC(CCC(C)Oc1cc(C(C)C)ccc1Cl)Oc1ccc(C(C)CCC(C)(C)COc2ccc(C(C)C)cn2)cc1. The summed E-state index contributed by atoms with van der Waals surface area (Å²) in [4.78, 5) is 4.48. The molecule has 230 valence electrons. The largest absolute Gasteiger partial charge is 0.491 e. The fraction of sp³-hybridized carbons (Fsp3) is 0.541. The van der Waals surface area contributed by atoms with E-state index < -0.39 is 0 Å². The molecule has 0 amide bonds. The second kappa shape index (κ2) is 15.7. The van der Waals surface area contributed by atoms with Crippen molar-refractivity contribution < 1.29 is 14.2 Å². The quantitative estimate of drug-likeness (QED) is 0.166. The zero-order chi connectivity index (χ0) is 30.9. The van der Waals surface area contributed by atoms with Crippen LogP contribution in [0.15, 0.2) is 60.8 Å². The van der Waals surface area contributed by atoms with Crippen molar-refractivity contribution in [3.8, 4) is 17.4 Å². The maximum atomic E-state index is 6.38. The molecule has 0 aliphatic carbocycles. The van der Waals surface area contributed by atoms with Crippen LogP contribution in [0.25, 0.3) is 0 Å². The molecule has 3 unspecified atom stereocenters. The van der Waals surface area contributed by atoms with Gasteiger partial charge in [-0.3, -0.25) is 0 Å². The highest BCUT2D eigenvalue weighted by atomic mass is 35.5. The molecule has 0 radical (unpaired) electrons. The summed E-state index contributed by atoms with van der Waals surface area (Å²) >= 11 is 6.38. The number of nitrogens with zero attached hydrogens (tertiary/aromatic N) is 1. The average molecular weight is 594 g/mol. The summed E-state index contributed by atoms with van der Waals surface area (Å²) in [6, 6.07) is 18.7. The predicted octanol–water partition coefficient (Wildman–Crippen LogP) is 11.0. The minimum atomic E-state index is 0.0514. The summed E-state index contributed by atoms with van der Waals surface area (Å²) in [7, 11) is 0. The van der Waals surface area contributed by atoms with Crippen LogP contribution in [-0.2, 0) is 0 Å². The summed E-state index contributed by atoms with van der Waals surface area (Å²) in [5.41, 5.74) is 3.86. The molecule has 3 aromatic rings. The van der Waals surface area contributed by atoms with Gasteiger partial charge >= 0.3 is 0 Å². The van der Waals surface area contributed by atoms with Crippen molar-refractivity contribution in [1.82, 2.24) is 4.98 Å². The van der Waals surface area contributed by atoms with Gasteiger partial charge < -0.3 is 14.2 Å². The fourth-order valence-corrected chi connectivity index (χ4v) is 4.98. The molecule has 0 N–H and O–H groups in total. The lowest BCUT2D eigenvalue weighted by Gasteiger charge is -2.26. The molecule has 5 heteroatoms. The van der Waals surface area contributed by atoms with E-state index in [0.717, 1.165) is 37.2 Å². The third-order valence-corrected chi connectivity index (χ3v) is 8.32. The lowest BCUT2D eigenvalue weighted by Crippen LogP contribution is -2.22. The third-order valence-electron chi connectivity index (χ3n) is 8.01. The van der Waals surface area contributed by atoms with E-state index in [4.69, 9.17) is 25.8 Å². The topological polar surface area (TPSA) is 40.6 Å². The van der Waals surface area contributed by atoms with Crippen LogP contribution in [0.4, 0.5) is 0 Å². The van der Waals surface area contributed by atoms with Crippen molar-refractivity contribution in [3.63, 3.8) is 0 Å². The Labute approximate surface area is 260 Å². The van der Waals surface area contributed by atoms with Gasteiger partial charge in [-0.2, -0.15) is 0 Å². The van der Waals surface area contributed by atoms with Crippen molar-refractivity contribution in [2.75, 3.05) is 6.61 Å². The zero-order valence-corrected chi connectivity index (χ0v) is 28.0. The Balaban J connectivity index is 1.41. The Bertz CT molecular complexity index is 1220. The summed E-state index contributed by atoms with van der Waals surface area (Å²) in [6.07, 6.45) is 6.01. The van der Waals surface area contributed by atoms with E-state index >= 15 is 0 Å². The minimum Gasteiger partial charge on any atom is -0.491 e. The van der Waals surface area contributed by atoms with Crippen LogP contribution in [0.1, 0.15) is 122 Å². The molecule has 0 spiro atoms. The van der Waals surface area contributed by atoms with Gasteiger partial charge in [-0.15, -0.1) is 0 Å². The second-order valence-corrected chi connectivity index (χ2v) is 13.7. The summed E-state index contributed by atoms with van der Waals surface area (Å²) in [6.45, 7) is 20.4. The molecule has 0 aliphatic heterocycles. The van der Waals surface area contributed by atoms with Gasteiger partial charge in [0, 0.05) is 12.3 Å². The predicted molar refractivity (Wildman–Crippen MR) is 177 cm³/mol. The van der Waals surface area contributed by atoms with Crippen LogP contribution >= 0.6 is 11.6 Å². The fourth-order valence-electron chi connectivity index (χ4n) is 4.81. The molecular weight excluding hydrogens is 542 g/mol. The van der Waals surface area contributed by atoms with Gasteiger partial charge in [0.05, 0.1) is 23.8 Å². The van der Waals surface area contributed by atoms with E-state index in [-0.39, 0.29) is 17.6 Å². The molecule has 1 aromatic heterocycles. The molecule has 0 saturated heterocycles. The van der Waals surface area contributed by atoms with E-state index in [2.05, 4.69) is 110 Å². The van der Waals surface area contributed by atoms with Gasteiger partial charge in [0.2, 0.25) is 5.88 Å². The first kappa shape index (κ1) is 33.8. The van der Waals surface area contributed by atoms with Crippen LogP contribution in [0, 0.1) is 5.41 Å². The maximum absolute atomic E-state index is 6.38. The molecule has 3 rings (SSSR count). The third kappa shape index (κ3) is 10.8. The van der Waals surface area contributed by atoms with Gasteiger partial charge in [0.25, 0.3) is 0 Å². The monoisotopic (exact) mass is 593 g/mol. The number of benzene rings is 2. The first-order valence-electron chi connectivity index (χ1n) is 15.6. The van der Waals surface area contributed by atoms with Crippen molar-refractivity contribution in [3.05, 3.63) is 82.5 Å². The van der Waals surface area contributed by atoms with Crippen LogP contribution < -0.4 is 14.2 Å². The number of halogens is 1. The number of ether oxygens (including phenoxy) is 3. The molecule has 0 saturated carbocycles.